The molecule has 0 aromatic rings. The van der Waals surface area contributed by atoms with Crippen LogP contribution in [0.4, 0.5) is 4.39 Å². The minimum atomic E-state index is -1.16. The zero-order valence-corrected chi connectivity index (χ0v) is 8.41. The Morgan fingerprint density at radius 1 is 1.64 bits per heavy atom. The van der Waals surface area contributed by atoms with Crippen molar-refractivity contribution < 1.29 is 9.50 Å². The summed E-state index contributed by atoms with van der Waals surface area (Å²) < 4.78 is 13.2. The molecule has 4 heteroatoms. The van der Waals surface area contributed by atoms with E-state index >= 15 is 0 Å². The van der Waals surface area contributed by atoms with Crippen LogP contribution in [-0.2, 0) is 0 Å². The van der Waals surface area contributed by atoms with Gasteiger partial charge < -0.3 is 10.5 Å². The van der Waals surface area contributed by atoms with Crippen LogP contribution in [0.3, 0.4) is 0 Å². The molecule has 0 bridgehead atoms. The minimum absolute atomic E-state index is 0.0193. The third kappa shape index (κ3) is 2.61. The van der Waals surface area contributed by atoms with Gasteiger partial charge in [0.2, 0.25) is 0 Å². The maximum atomic E-state index is 13.2. The fourth-order valence-electron chi connectivity index (χ4n) is 1.84. The second kappa shape index (κ2) is 5.20. The molecule has 0 aromatic carbocycles. The summed E-state index contributed by atoms with van der Waals surface area (Å²) >= 11 is 0. The van der Waals surface area contributed by atoms with Crippen molar-refractivity contribution in [2.45, 2.75) is 38.5 Å². The Bertz CT molecular complexity index is 230. The van der Waals surface area contributed by atoms with Gasteiger partial charge in [0.1, 0.15) is 6.17 Å². The van der Waals surface area contributed by atoms with E-state index in [1.165, 1.54) is 6.21 Å². The summed E-state index contributed by atoms with van der Waals surface area (Å²) in [6.07, 6.45) is 0.738. The van der Waals surface area contributed by atoms with E-state index in [0.29, 0.717) is 25.1 Å². The van der Waals surface area contributed by atoms with Crippen molar-refractivity contribution in [3.63, 3.8) is 0 Å². The number of aliphatic imine (C=N–C) groups is 1. The molecule has 0 aliphatic heterocycles. The van der Waals surface area contributed by atoms with Gasteiger partial charge in [0.05, 0.1) is 11.8 Å². The van der Waals surface area contributed by atoms with Crippen molar-refractivity contribution in [1.82, 2.24) is 0 Å². The highest BCUT2D eigenvalue weighted by atomic mass is 19.1. The number of hydrogen-bond donors (Lipinski definition) is 2. The molecule has 1 aliphatic rings. The van der Waals surface area contributed by atoms with Crippen LogP contribution in [0, 0.1) is 11.3 Å². The number of halogens is 1. The van der Waals surface area contributed by atoms with Gasteiger partial charge in [0.15, 0.2) is 0 Å². The number of nitrogens with one attached hydrogen (secondary N) is 1. The second-order valence-electron chi connectivity index (χ2n) is 3.64. The molecular formula is C10H17FN2O. The van der Waals surface area contributed by atoms with E-state index in [-0.39, 0.29) is 5.92 Å². The van der Waals surface area contributed by atoms with E-state index < -0.39 is 12.3 Å². The van der Waals surface area contributed by atoms with E-state index in [9.17, 15) is 9.50 Å². The largest absolute Gasteiger partial charge is 0.390 e. The Morgan fingerprint density at radius 3 is 2.86 bits per heavy atom. The lowest BCUT2D eigenvalue weighted by atomic mass is 9.83. The van der Waals surface area contributed by atoms with Crippen LogP contribution >= 0.6 is 0 Å². The molecule has 1 saturated carbocycles. The average molecular weight is 200 g/mol. The molecule has 0 heterocycles. The van der Waals surface area contributed by atoms with Gasteiger partial charge in [0, 0.05) is 18.7 Å². The molecule has 0 unspecified atom stereocenters. The lowest BCUT2D eigenvalue weighted by Gasteiger charge is -2.28. The number of rotatable bonds is 3. The molecule has 1 aliphatic carbocycles. The summed E-state index contributed by atoms with van der Waals surface area (Å²) in [4.78, 5) is 4.15. The molecule has 0 aromatic heterocycles. The number of nitrogens with zero attached hydrogens (tertiary/aromatic N) is 1. The molecular weight excluding hydrogens is 183 g/mol. The summed E-state index contributed by atoms with van der Waals surface area (Å²) in [5, 5.41) is 16.4. The molecule has 0 amide bonds. The number of alkyl halides is 1. The number of aliphatic hydroxyl groups is 1. The SMILES string of the molecule is CC/N=C(\C=N)[C@H]1CC[C@H](O)[C@@H](F)C1. The lowest BCUT2D eigenvalue weighted by molar-refractivity contribution is 0.0354. The van der Waals surface area contributed by atoms with Crippen LogP contribution in [0.15, 0.2) is 4.99 Å². The highest BCUT2D eigenvalue weighted by Gasteiger charge is 2.30. The van der Waals surface area contributed by atoms with Gasteiger partial charge in [-0.2, -0.15) is 0 Å². The predicted octanol–water partition coefficient (Wildman–Crippen LogP) is 1.60. The van der Waals surface area contributed by atoms with Gasteiger partial charge >= 0.3 is 0 Å². The molecule has 14 heavy (non-hydrogen) atoms. The molecule has 0 radical (unpaired) electrons. The maximum absolute atomic E-state index is 13.2. The first kappa shape index (κ1) is 11.3. The molecule has 0 saturated heterocycles. The Balaban J connectivity index is 2.61. The fraction of sp³-hybridized carbons (Fsp3) is 0.800. The third-order valence-electron chi connectivity index (χ3n) is 2.64. The van der Waals surface area contributed by atoms with Crippen LogP contribution in [0.25, 0.3) is 0 Å². The monoisotopic (exact) mass is 200 g/mol. The smallest absolute Gasteiger partial charge is 0.127 e. The van der Waals surface area contributed by atoms with E-state index in [0.717, 1.165) is 6.42 Å². The molecule has 3 atom stereocenters. The zero-order valence-electron chi connectivity index (χ0n) is 8.41. The quantitative estimate of drug-likeness (QED) is 0.668. The zero-order chi connectivity index (χ0) is 10.6. The summed E-state index contributed by atoms with van der Waals surface area (Å²) in [6.45, 7) is 2.52. The number of aliphatic hydroxyl groups excluding tert-OH is 1. The van der Waals surface area contributed by atoms with Gasteiger partial charge in [-0.1, -0.05) is 0 Å². The molecule has 1 rings (SSSR count). The van der Waals surface area contributed by atoms with Gasteiger partial charge in [-0.15, -0.1) is 0 Å². The first-order valence-electron chi connectivity index (χ1n) is 5.06. The first-order chi connectivity index (χ1) is 6.69. The van der Waals surface area contributed by atoms with Crippen LogP contribution in [-0.4, -0.2) is 35.9 Å². The van der Waals surface area contributed by atoms with Crippen molar-refractivity contribution in [3.8, 4) is 0 Å². The van der Waals surface area contributed by atoms with Crippen LogP contribution in [0.2, 0.25) is 0 Å². The Labute approximate surface area is 83.6 Å². The fourth-order valence-corrected chi connectivity index (χ4v) is 1.84. The van der Waals surface area contributed by atoms with E-state index in [1.807, 2.05) is 6.92 Å². The molecule has 0 spiro atoms. The van der Waals surface area contributed by atoms with Gasteiger partial charge in [-0.3, -0.25) is 4.99 Å². The normalized spacial score (nSPS) is 34.2. The van der Waals surface area contributed by atoms with Crippen molar-refractivity contribution in [2.24, 2.45) is 10.9 Å². The van der Waals surface area contributed by atoms with E-state index in [2.05, 4.69) is 4.99 Å². The van der Waals surface area contributed by atoms with Crippen molar-refractivity contribution in [3.05, 3.63) is 0 Å². The van der Waals surface area contributed by atoms with Crippen LogP contribution in [0.5, 0.6) is 0 Å². The van der Waals surface area contributed by atoms with Gasteiger partial charge in [0.25, 0.3) is 0 Å². The van der Waals surface area contributed by atoms with Crippen LogP contribution in [0.1, 0.15) is 26.2 Å². The predicted molar refractivity (Wildman–Crippen MR) is 55.0 cm³/mol. The Hall–Kier alpha value is -0.770. The van der Waals surface area contributed by atoms with Gasteiger partial charge in [-0.05, 0) is 26.2 Å². The lowest BCUT2D eigenvalue weighted by Crippen LogP contribution is -2.34. The molecule has 80 valence electrons. The third-order valence-corrected chi connectivity index (χ3v) is 2.64. The Morgan fingerprint density at radius 2 is 2.36 bits per heavy atom. The first-order valence-corrected chi connectivity index (χ1v) is 5.06. The second-order valence-corrected chi connectivity index (χ2v) is 3.64. The summed E-state index contributed by atoms with van der Waals surface area (Å²) in [7, 11) is 0. The topological polar surface area (TPSA) is 56.4 Å². The summed E-state index contributed by atoms with van der Waals surface area (Å²) in [5.74, 6) is 0.0193. The van der Waals surface area contributed by atoms with Crippen molar-refractivity contribution in [2.75, 3.05) is 6.54 Å². The summed E-state index contributed by atoms with van der Waals surface area (Å²) in [5.41, 5.74) is 0.669. The van der Waals surface area contributed by atoms with Gasteiger partial charge in [-0.25, -0.2) is 4.39 Å². The van der Waals surface area contributed by atoms with Crippen molar-refractivity contribution in [1.29, 1.82) is 5.41 Å². The molecule has 1 fully saturated rings. The van der Waals surface area contributed by atoms with Crippen molar-refractivity contribution >= 4 is 11.9 Å². The highest BCUT2D eigenvalue weighted by Crippen LogP contribution is 2.27. The van der Waals surface area contributed by atoms with E-state index in [1.54, 1.807) is 0 Å². The Kier molecular flexibility index (Phi) is 4.20. The molecule has 2 N–H and O–H groups in total. The maximum Gasteiger partial charge on any atom is 0.127 e. The molecule has 3 nitrogen and oxygen atoms in total. The van der Waals surface area contributed by atoms with E-state index in [4.69, 9.17) is 5.41 Å². The highest BCUT2D eigenvalue weighted by molar-refractivity contribution is 6.30. The minimum Gasteiger partial charge on any atom is -0.390 e. The summed E-state index contributed by atoms with van der Waals surface area (Å²) in [6, 6.07) is 0. The standard InChI is InChI=1S/C10H17FN2O/c1-2-13-9(6-12)7-3-4-10(14)8(11)5-7/h6-8,10,12,14H,2-5H2,1H3/b12-6?,13-9+/t7-,8-,10-/m0/s1. The number of hydrogen-bond acceptors (Lipinski definition) is 3. The van der Waals surface area contributed by atoms with Crippen LogP contribution < -0.4 is 0 Å². The average Bonchev–Trinajstić information content (AvgIpc) is 2.19.